The summed E-state index contributed by atoms with van der Waals surface area (Å²) in [6.45, 7) is 10.3. The van der Waals surface area contributed by atoms with Crippen LogP contribution in [0.5, 0.6) is 0 Å². The molecule has 0 unspecified atom stereocenters. The first-order chi connectivity index (χ1) is 17.4. The van der Waals surface area contributed by atoms with Crippen LogP contribution in [0.3, 0.4) is 0 Å². The maximum atomic E-state index is 12.0. The minimum atomic E-state index is -0.0290. The SMILES string of the molecule is C=CC(=O)N1CC2(CCN(c3nc(N4CCCC4)nc(-c4c(C)ccc5[nH]nc(N)c45)c3C#N)C2)C1. The highest BCUT2D eigenvalue weighted by atomic mass is 16.2. The predicted octanol–water partition coefficient (Wildman–Crippen LogP) is 2.61. The fraction of sp³-hybridized carbons (Fsp3) is 0.423. The highest BCUT2D eigenvalue weighted by Crippen LogP contribution is 2.44. The zero-order valence-corrected chi connectivity index (χ0v) is 20.4. The number of carbonyl (C=O) groups is 1. The van der Waals surface area contributed by atoms with Gasteiger partial charge in [-0.1, -0.05) is 12.6 Å². The Morgan fingerprint density at radius 2 is 1.97 bits per heavy atom. The minimum Gasteiger partial charge on any atom is -0.382 e. The van der Waals surface area contributed by atoms with Crippen molar-refractivity contribution >= 4 is 34.4 Å². The average Bonchev–Trinajstić information content (AvgIpc) is 3.62. The van der Waals surface area contributed by atoms with E-state index >= 15 is 0 Å². The summed E-state index contributed by atoms with van der Waals surface area (Å²) < 4.78 is 0. The van der Waals surface area contributed by atoms with Crippen molar-refractivity contribution in [2.24, 2.45) is 5.41 Å². The molecular weight excluding hydrogens is 454 g/mol. The number of likely N-dealkylation sites (tertiary alicyclic amines) is 1. The summed E-state index contributed by atoms with van der Waals surface area (Å²) in [5, 5.41) is 18.4. The van der Waals surface area contributed by atoms with Crippen molar-refractivity contribution in [3.05, 3.63) is 35.9 Å². The highest BCUT2D eigenvalue weighted by Gasteiger charge is 2.49. The molecule has 0 atom stereocenters. The first-order valence-electron chi connectivity index (χ1n) is 12.4. The molecule has 1 amide bonds. The molecule has 0 radical (unpaired) electrons. The quantitative estimate of drug-likeness (QED) is 0.542. The van der Waals surface area contributed by atoms with Gasteiger partial charge in [-0.3, -0.25) is 9.89 Å². The molecule has 5 heterocycles. The number of hydrogen-bond donors (Lipinski definition) is 2. The number of H-pyrrole nitrogens is 1. The lowest BCUT2D eigenvalue weighted by atomic mass is 9.79. The predicted molar refractivity (Wildman–Crippen MR) is 138 cm³/mol. The third kappa shape index (κ3) is 3.38. The number of hydrogen-bond acceptors (Lipinski definition) is 8. The van der Waals surface area contributed by atoms with Gasteiger partial charge in [0.2, 0.25) is 11.9 Å². The largest absolute Gasteiger partial charge is 0.382 e. The van der Waals surface area contributed by atoms with E-state index in [2.05, 4.69) is 32.6 Å². The van der Waals surface area contributed by atoms with Crippen LogP contribution < -0.4 is 15.5 Å². The number of nitrogen functional groups attached to an aromatic ring is 1. The van der Waals surface area contributed by atoms with Gasteiger partial charge >= 0.3 is 0 Å². The van der Waals surface area contributed by atoms with Crippen molar-refractivity contribution in [2.45, 2.75) is 26.2 Å². The number of nitrogens with one attached hydrogen (secondary N) is 1. The number of aromatic nitrogens is 4. The topological polar surface area (TPSA) is 131 Å². The monoisotopic (exact) mass is 483 g/mol. The lowest BCUT2D eigenvalue weighted by Gasteiger charge is -2.47. The van der Waals surface area contributed by atoms with Crippen LogP contribution in [-0.2, 0) is 4.79 Å². The minimum absolute atomic E-state index is 0.0230. The number of carbonyl (C=O) groups excluding carboxylic acids is 1. The Morgan fingerprint density at radius 3 is 2.69 bits per heavy atom. The summed E-state index contributed by atoms with van der Waals surface area (Å²) in [5.41, 5.74) is 9.94. The van der Waals surface area contributed by atoms with Gasteiger partial charge in [0.25, 0.3) is 0 Å². The van der Waals surface area contributed by atoms with Crippen molar-refractivity contribution in [3.8, 4) is 17.3 Å². The van der Waals surface area contributed by atoms with Gasteiger partial charge in [0.15, 0.2) is 11.6 Å². The van der Waals surface area contributed by atoms with E-state index in [0.717, 1.165) is 67.5 Å². The van der Waals surface area contributed by atoms with E-state index in [9.17, 15) is 10.1 Å². The van der Waals surface area contributed by atoms with Gasteiger partial charge in [0, 0.05) is 50.2 Å². The number of anilines is 3. The van der Waals surface area contributed by atoms with Crippen LogP contribution in [0.15, 0.2) is 24.8 Å². The third-order valence-corrected chi connectivity index (χ3v) is 7.86. The highest BCUT2D eigenvalue weighted by molar-refractivity contribution is 6.03. The standard InChI is InChI=1S/C26H29N9O/c1-3-19(36)35-14-26(15-35)8-11-34(13-26)24-17(12-27)22(29-25(30-24)33-9-4-5-10-33)20-16(2)6-7-18-21(20)23(28)32-31-18/h3,6-7H,1,4-5,8-11,13-15H2,2H3,(H3,28,31,32). The van der Waals surface area contributed by atoms with Gasteiger partial charge in [-0.15, -0.1) is 0 Å². The molecule has 3 N–H and O–H groups in total. The Balaban J connectivity index is 1.47. The zero-order chi connectivity index (χ0) is 25.0. The number of amides is 1. The molecule has 0 aliphatic carbocycles. The molecule has 3 aliphatic heterocycles. The maximum absolute atomic E-state index is 12.0. The second kappa shape index (κ2) is 8.22. The molecule has 1 spiro atoms. The molecule has 1 aromatic carbocycles. The van der Waals surface area contributed by atoms with E-state index < -0.39 is 0 Å². The normalized spacial score (nSPS) is 18.6. The second-order valence-corrected chi connectivity index (χ2v) is 10.2. The van der Waals surface area contributed by atoms with Crippen LogP contribution in [0, 0.1) is 23.7 Å². The summed E-state index contributed by atoms with van der Waals surface area (Å²) >= 11 is 0. The summed E-state index contributed by atoms with van der Waals surface area (Å²) in [5.74, 6) is 1.66. The van der Waals surface area contributed by atoms with Gasteiger partial charge < -0.3 is 20.4 Å². The maximum Gasteiger partial charge on any atom is 0.245 e. The average molecular weight is 484 g/mol. The van der Waals surface area contributed by atoms with Crippen LogP contribution >= 0.6 is 0 Å². The molecule has 2 aromatic heterocycles. The fourth-order valence-electron chi connectivity index (χ4n) is 5.98. The van der Waals surface area contributed by atoms with Crippen LogP contribution in [0.25, 0.3) is 22.2 Å². The number of rotatable bonds is 4. The van der Waals surface area contributed by atoms with E-state index in [0.29, 0.717) is 41.9 Å². The van der Waals surface area contributed by atoms with Gasteiger partial charge in [-0.05, 0) is 43.9 Å². The smallest absolute Gasteiger partial charge is 0.245 e. The van der Waals surface area contributed by atoms with Crippen LogP contribution in [-0.4, -0.2) is 70.2 Å². The summed E-state index contributed by atoms with van der Waals surface area (Å²) in [6, 6.07) is 6.37. The molecule has 10 nitrogen and oxygen atoms in total. The molecule has 0 saturated carbocycles. The molecule has 36 heavy (non-hydrogen) atoms. The molecule has 10 heteroatoms. The Morgan fingerprint density at radius 1 is 1.19 bits per heavy atom. The van der Waals surface area contributed by atoms with E-state index in [-0.39, 0.29) is 11.3 Å². The van der Waals surface area contributed by atoms with Gasteiger partial charge in [0.05, 0.1) is 16.6 Å². The number of aromatic amines is 1. The van der Waals surface area contributed by atoms with Crippen molar-refractivity contribution in [2.75, 3.05) is 54.8 Å². The van der Waals surface area contributed by atoms with E-state index in [1.165, 1.54) is 6.08 Å². The Kier molecular flexibility index (Phi) is 5.10. The first-order valence-corrected chi connectivity index (χ1v) is 12.4. The molecule has 3 aromatic rings. The number of benzene rings is 1. The summed E-state index contributed by atoms with van der Waals surface area (Å²) in [6.07, 6.45) is 4.51. The molecular formula is C26H29N9O. The van der Waals surface area contributed by atoms with E-state index in [4.69, 9.17) is 15.7 Å². The number of fused-ring (bicyclic) bond motifs is 1. The zero-order valence-electron chi connectivity index (χ0n) is 20.4. The Labute approximate surface area is 209 Å². The molecule has 3 saturated heterocycles. The molecule has 6 rings (SSSR count). The third-order valence-electron chi connectivity index (χ3n) is 7.86. The lowest BCUT2D eigenvalue weighted by molar-refractivity contribution is -0.136. The number of nitrogens with two attached hydrogens (primary N) is 1. The van der Waals surface area contributed by atoms with Gasteiger partial charge in [-0.25, -0.2) is 4.98 Å². The number of nitriles is 1. The van der Waals surface area contributed by atoms with Crippen molar-refractivity contribution < 1.29 is 4.79 Å². The molecule has 184 valence electrons. The first kappa shape index (κ1) is 22.3. The molecule has 3 aliphatic rings. The summed E-state index contributed by atoms with van der Waals surface area (Å²) in [7, 11) is 0. The van der Waals surface area contributed by atoms with E-state index in [1.54, 1.807) is 0 Å². The van der Waals surface area contributed by atoms with E-state index in [1.807, 2.05) is 24.0 Å². The van der Waals surface area contributed by atoms with Crippen LogP contribution in [0.4, 0.5) is 17.6 Å². The van der Waals surface area contributed by atoms with Crippen molar-refractivity contribution in [1.82, 2.24) is 25.1 Å². The van der Waals surface area contributed by atoms with Crippen LogP contribution in [0.2, 0.25) is 0 Å². The van der Waals surface area contributed by atoms with Crippen molar-refractivity contribution in [1.29, 1.82) is 5.26 Å². The van der Waals surface area contributed by atoms with Gasteiger partial charge in [-0.2, -0.15) is 15.3 Å². The number of nitrogens with zero attached hydrogens (tertiary/aromatic N) is 7. The lowest BCUT2D eigenvalue weighted by Crippen LogP contribution is -2.59. The fourth-order valence-corrected chi connectivity index (χ4v) is 5.98. The molecule has 0 bridgehead atoms. The van der Waals surface area contributed by atoms with Crippen LogP contribution in [0.1, 0.15) is 30.4 Å². The van der Waals surface area contributed by atoms with Crippen molar-refractivity contribution in [3.63, 3.8) is 0 Å². The molecule has 3 fully saturated rings. The van der Waals surface area contributed by atoms with Gasteiger partial charge in [0.1, 0.15) is 11.6 Å². The Hall–Kier alpha value is -4.13. The summed E-state index contributed by atoms with van der Waals surface area (Å²) in [4.78, 5) is 28.2. The second-order valence-electron chi connectivity index (χ2n) is 10.2. The number of aryl methyl sites for hydroxylation is 1. The Bertz CT molecular complexity index is 1420.